The first kappa shape index (κ1) is 11.9. The largest absolute Gasteiger partial charge is 0.417 e. The molecule has 2 aromatic rings. The van der Waals surface area contributed by atoms with Crippen molar-refractivity contribution in [1.29, 1.82) is 0 Å². The average Bonchev–Trinajstić information content (AvgIpc) is 2.26. The second kappa shape index (κ2) is 4.02. The van der Waals surface area contributed by atoms with Gasteiger partial charge in [0.15, 0.2) is 0 Å². The summed E-state index contributed by atoms with van der Waals surface area (Å²) in [4.78, 5) is 4.08. The third-order valence-corrected chi connectivity index (χ3v) is 2.71. The first-order valence-electron chi connectivity index (χ1n) is 5.36. The van der Waals surface area contributed by atoms with Crippen LogP contribution in [0.2, 0.25) is 0 Å². The Hall–Kier alpha value is -1.58. The third-order valence-electron chi connectivity index (χ3n) is 2.71. The fraction of sp³-hybridized carbons (Fsp3) is 0.308. The predicted octanol–water partition coefficient (Wildman–Crippen LogP) is 4.38. The van der Waals surface area contributed by atoms with Gasteiger partial charge < -0.3 is 0 Å². The van der Waals surface area contributed by atoms with Crippen LogP contribution in [0.4, 0.5) is 13.2 Å². The molecule has 0 spiro atoms. The molecule has 1 heterocycles. The maximum Gasteiger partial charge on any atom is 0.417 e. The summed E-state index contributed by atoms with van der Waals surface area (Å²) in [5.41, 5.74) is 0.0681. The lowest BCUT2D eigenvalue weighted by Crippen LogP contribution is -2.11. The van der Waals surface area contributed by atoms with Crippen molar-refractivity contribution in [2.24, 2.45) is 0 Å². The molecule has 0 saturated carbocycles. The number of nitrogens with zero attached hydrogens (tertiary/aromatic N) is 1. The number of hydrogen-bond donors (Lipinski definition) is 0. The summed E-state index contributed by atoms with van der Waals surface area (Å²) < 4.78 is 39.3. The fourth-order valence-corrected chi connectivity index (χ4v) is 1.91. The SMILES string of the molecule is CC(C)c1cnc2ccccc2c1C(F)(F)F. The van der Waals surface area contributed by atoms with E-state index in [4.69, 9.17) is 0 Å². The van der Waals surface area contributed by atoms with Gasteiger partial charge in [0.2, 0.25) is 0 Å². The summed E-state index contributed by atoms with van der Waals surface area (Å²) in [7, 11) is 0. The lowest BCUT2D eigenvalue weighted by molar-refractivity contribution is -0.137. The number of benzene rings is 1. The van der Waals surface area contributed by atoms with Crippen molar-refractivity contribution in [2.75, 3.05) is 0 Å². The number of hydrogen-bond acceptors (Lipinski definition) is 1. The molecule has 0 atom stereocenters. The van der Waals surface area contributed by atoms with Gasteiger partial charge in [0, 0.05) is 11.6 Å². The summed E-state index contributed by atoms with van der Waals surface area (Å²) in [6, 6.07) is 6.35. The zero-order chi connectivity index (χ0) is 12.6. The lowest BCUT2D eigenvalue weighted by atomic mass is 9.95. The Morgan fingerprint density at radius 1 is 1.12 bits per heavy atom. The summed E-state index contributed by atoms with van der Waals surface area (Å²) in [6.45, 7) is 3.47. The molecular formula is C13H12F3N. The molecule has 1 aromatic heterocycles. The Labute approximate surface area is 97.3 Å². The summed E-state index contributed by atoms with van der Waals surface area (Å²) in [5, 5.41) is 0.172. The molecule has 0 radical (unpaired) electrons. The van der Waals surface area contributed by atoms with Crippen LogP contribution in [0, 0.1) is 0 Å². The van der Waals surface area contributed by atoms with E-state index in [9.17, 15) is 13.2 Å². The third kappa shape index (κ3) is 2.12. The second-order valence-electron chi connectivity index (χ2n) is 4.26. The molecule has 1 aromatic carbocycles. The summed E-state index contributed by atoms with van der Waals surface area (Å²) in [6.07, 6.45) is -3.02. The molecule has 90 valence electrons. The van der Waals surface area contributed by atoms with Gasteiger partial charge in [-0.15, -0.1) is 0 Å². The van der Waals surface area contributed by atoms with Crippen molar-refractivity contribution in [2.45, 2.75) is 25.9 Å². The van der Waals surface area contributed by atoms with Gasteiger partial charge >= 0.3 is 6.18 Å². The molecule has 0 aliphatic rings. The highest BCUT2D eigenvalue weighted by atomic mass is 19.4. The van der Waals surface area contributed by atoms with Gasteiger partial charge in [-0.2, -0.15) is 13.2 Å². The number of aromatic nitrogens is 1. The van der Waals surface area contributed by atoms with Gasteiger partial charge in [-0.1, -0.05) is 32.0 Å². The van der Waals surface area contributed by atoms with Crippen LogP contribution >= 0.6 is 0 Å². The number of pyridine rings is 1. The summed E-state index contributed by atoms with van der Waals surface area (Å²) in [5.74, 6) is -0.205. The van der Waals surface area contributed by atoms with E-state index in [0.29, 0.717) is 5.52 Å². The molecule has 0 N–H and O–H groups in total. The molecule has 2 rings (SSSR count). The molecule has 0 unspecified atom stereocenters. The molecule has 1 nitrogen and oxygen atoms in total. The topological polar surface area (TPSA) is 12.9 Å². The maximum absolute atomic E-state index is 13.1. The van der Waals surface area contributed by atoms with Crippen LogP contribution in [0.15, 0.2) is 30.5 Å². The number of rotatable bonds is 1. The van der Waals surface area contributed by atoms with Crippen LogP contribution < -0.4 is 0 Å². The monoisotopic (exact) mass is 239 g/mol. The molecule has 0 aliphatic heterocycles. The van der Waals surface area contributed by atoms with Crippen LogP contribution in [0.5, 0.6) is 0 Å². The van der Waals surface area contributed by atoms with Gasteiger partial charge in [-0.3, -0.25) is 4.98 Å². The van der Waals surface area contributed by atoms with Crippen molar-refractivity contribution in [1.82, 2.24) is 4.98 Å². The molecular weight excluding hydrogens is 227 g/mol. The molecule has 0 fully saturated rings. The van der Waals surface area contributed by atoms with Gasteiger partial charge in [0.1, 0.15) is 0 Å². The number of para-hydroxylation sites is 1. The minimum absolute atomic E-state index is 0.172. The molecule has 0 bridgehead atoms. The van der Waals surface area contributed by atoms with E-state index in [-0.39, 0.29) is 16.9 Å². The van der Waals surface area contributed by atoms with Crippen LogP contribution in [-0.4, -0.2) is 4.98 Å². The van der Waals surface area contributed by atoms with Crippen molar-refractivity contribution in [3.63, 3.8) is 0 Å². The van der Waals surface area contributed by atoms with Crippen LogP contribution in [0.25, 0.3) is 10.9 Å². The zero-order valence-corrected chi connectivity index (χ0v) is 9.55. The molecule has 0 aliphatic carbocycles. The molecule has 17 heavy (non-hydrogen) atoms. The summed E-state index contributed by atoms with van der Waals surface area (Å²) >= 11 is 0. The van der Waals surface area contributed by atoms with E-state index < -0.39 is 11.7 Å². The Balaban J connectivity index is 2.85. The highest BCUT2D eigenvalue weighted by Gasteiger charge is 2.36. The quantitative estimate of drug-likeness (QED) is 0.719. The van der Waals surface area contributed by atoms with Crippen LogP contribution in [0.3, 0.4) is 0 Å². The molecule has 0 amide bonds. The Kier molecular flexibility index (Phi) is 2.81. The lowest BCUT2D eigenvalue weighted by Gasteiger charge is -2.17. The van der Waals surface area contributed by atoms with Gasteiger partial charge in [0.05, 0.1) is 11.1 Å². The van der Waals surface area contributed by atoms with E-state index >= 15 is 0 Å². The average molecular weight is 239 g/mol. The minimum atomic E-state index is -4.35. The number of fused-ring (bicyclic) bond motifs is 1. The minimum Gasteiger partial charge on any atom is -0.256 e. The Bertz CT molecular complexity index is 544. The zero-order valence-electron chi connectivity index (χ0n) is 9.55. The van der Waals surface area contributed by atoms with Crippen molar-refractivity contribution < 1.29 is 13.2 Å². The highest BCUT2D eigenvalue weighted by Crippen LogP contribution is 2.39. The highest BCUT2D eigenvalue weighted by molar-refractivity contribution is 5.83. The fourth-order valence-electron chi connectivity index (χ4n) is 1.91. The van der Waals surface area contributed by atoms with Crippen LogP contribution in [-0.2, 0) is 6.18 Å². The van der Waals surface area contributed by atoms with E-state index in [0.717, 1.165) is 0 Å². The van der Waals surface area contributed by atoms with Gasteiger partial charge in [0.25, 0.3) is 0 Å². The van der Waals surface area contributed by atoms with Crippen molar-refractivity contribution in [3.8, 4) is 0 Å². The van der Waals surface area contributed by atoms with Crippen molar-refractivity contribution >= 4 is 10.9 Å². The molecule has 4 heteroatoms. The van der Waals surface area contributed by atoms with E-state index in [2.05, 4.69) is 4.98 Å². The van der Waals surface area contributed by atoms with E-state index in [1.807, 2.05) is 0 Å². The number of halogens is 3. The first-order valence-corrected chi connectivity index (χ1v) is 5.36. The van der Waals surface area contributed by atoms with E-state index in [1.54, 1.807) is 32.0 Å². The predicted molar refractivity (Wildman–Crippen MR) is 60.8 cm³/mol. The second-order valence-corrected chi connectivity index (χ2v) is 4.26. The Morgan fingerprint density at radius 2 is 1.76 bits per heavy atom. The standard InChI is InChI=1S/C13H12F3N/c1-8(2)10-7-17-11-6-4-3-5-9(11)12(10)13(14,15)16/h3-8H,1-2H3. The normalized spacial score (nSPS) is 12.4. The van der Waals surface area contributed by atoms with E-state index in [1.165, 1.54) is 12.3 Å². The molecule has 0 saturated heterocycles. The Morgan fingerprint density at radius 3 is 2.35 bits per heavy atom. The number of alkyl halides is 3. The maximum atomic E-state index is 13.1. The first-order chi connectivity index (χ1) is 7.91. The van der Waals surface area contributed by atoms with Crippen LogP contribution in [0.1, 0.15) is 30.9 Å². The smallest absolute Gasteiger partial charge is 0.256 e. The van der Waals surface area contributed by atoms with Gasteiger partial charge in [-0.05, 0) is 17.5 Å². The van der Waals surface area contributed by atoms with Gasteiger partial charge in [-0.25, -0.2) is 0 Å². The van der Waals surface area contributed by atoms with Crippen molar-refractivity contribution in [3.05, 3.63) is 41.6 Å².